The number of hydrogen-bond donors (Lipinski definition) is 0. The molecule has 2 fully saturated rings. The van der Waals surface area contributed by atoms with Crippen molar-refractivity contribution in [3.8, 4) is 0 Å². The predicted molar refractivity (Wildman–Crippen MR) is 105 cm³/mol. The lowest BCUT2D eigenvalue weighted by atomic mass is 9.91. The largest absolute Gasteiger partial charge is 0.379 e. The first kappa shape index (κ1) is 18.7. The molecule has 3 rings (SSSR count). The molecule has 25 heavy (non-hydrogen) atoms. The van der Waals surface area contributed by atoms with Crippen molar-refractivity contribution in [3.05, 3.63) is 30.3 Å². The fourth-order valence-electron chi connectivity index (χ4n) is 4.51. The van der Waals surface area contributed by atoms with E-state index in [-0.39, 0.29) is 0 Å². The minimum atomic E-state index is 0.323. The highest BCUT2D eigenvalue weighted by atomic mass is 16.5. The number of rotatable bonds is 7. The lowest BCUT2D eigenvalue weighted by Crippen LogP contribution is -2.46. The maximum atomic E-state index is 5.47. The molecule has 2 heterocycles. The number of hydrogen-bond acceptors (Lipinski definition) is 4. The van der Waals surface area contributed by atoms with Gasteiger partial charge in [0, 0.05) is 51.5 Å². The van der Waals surface area contributed by atoms with Crippen LogP contribution >= 0.6 is 0 Å². The molecule has 1 unspecified atom stereocenters. The van der Waals surface area contributed by atoms with E-state index in [2.05, 4.69) is 65.9 Å². The highest BCUT2D eigenvalue weighted by molar-refractivity contribution is 5.46. The molecule has 0 aromatic heterocycles. The number of nitrogens with zero attached hydrogens (tertiary/aromatic N) is 3. The second-order valence-corrected chi connectivity index (χ2v) is 8.69. The van der Waals surface area contributed by atoms with Crippen molar-refractivity contribution < 1.29 is 4.74 Å². The molecular weight excluding hydrogens is 310 g/mol. The molecule has 0 radical (unpaired) electrons. The molecule has 0 N–H and O–H groups in total. The number of morpholine rings is 1. The second-order valence-electron chi connectivity index (χ2n) is 8.69. The quantitative estimate of drug-likeness (QED) is 0.756. The van der Waals surface area contributed by atoms with Crippen LogP contribution in [0.5, 0.6) is 0 Å². The Morgan fingerprint density at radius 2 is 1.84 bits per heavy atom. The van der Waals surface area contributed by atoms with Crippen LogP contribution in [0.2, 0.25) is 0 Å². The molecule has 0 aliphatic carbocycles. The first-order chi connectivity index (χ1) is 12.0. The zero-order valence-electron chi connectivity index (χ0n) is 16.3. The fourth-order valence-corrected chi connectivity index (χ4v) is 4.51. The van der Waals surface area contributed by atoms with Crippen LogP contribution in [-0.2, 0) is 4.74 Å². The molecule has 0 saturated carbocycles. The third-order valence-electron chi connectivity index (χ3n) is 5.43. The zero-order valence-corrected chi connectivity index (χ0v) is 16.3. The number of anilines is 1. The summed E-state index contributed by atoms with van der Waals surface area (Å²) >= 11 is 0. The van der Waals surface area contributed by atoms with Crippen molar-refractivity contribution in [3.63, 3.8) is 0 Å². The Morgan fingerprint density at radius 1 is 1.12 bits per heavy atom. The van der Waals surface area contributed by atoms with Crippen LogP contribution in [-0.4, -0.2) is 75.9 Å². The summed E-state index contributed by atoms with van der Waals surface area (Å²) in [6.45, 7) is 14.7. The van der Waals surface area contributed by atoms with Crippen LogP contribution in [0.15, 0.2) is 30.3 Å². The lowest BCUT2D eigenvalue weighted by molar-refractivity contribution is 0.0159. The molecule has 2 aliphatic rings. The molecule has 0 bridgehead atoms. The Morgan fingerprint density at radius 3 is 2.56 bits per heavy atom. The summed E-state index contributed by atoms with van der Waals surface area (Å²) in [5, 5.41) is 0. The first-order valence-corrected chi connectivity index (χ1v) is 9.80. The van der Waals surface area contributed by atoms with E-state index in [4.69, 9.17) is 4.74 Å². The summed E-state index contributed by atoms with van der Waals surface area (Å²) in [7, 11) is 2.30. The van der Waals surface area contributed by atoms with E-state index in [0.717, 1.165) is 38.8 Å². The normalized spacial score (nSPS) is 22.7. The lowest BCUT2D eigenvalue weighted by Gasteiger charge is -2.37. The Hall–Kier alpha value is -1.10. The van der Waals surface area contributed by atoms with Crippen LogP contribution in [0.3, 0.4) is 0 Å². The smallest absolute Gasteiger partial charge is 0.0594 e. The Balaban J connectivity index is 1.43. The van der Waals surface area contributed by atoms with Gasteiger partial charge in [-0.2, -0.15) is 0 Å². The van der Waals surface area contributed by atoms with Gasteiger partial charge in [0.1, 0.15) is 0 Å². The van der Waals surface area contributed by atoms with Crippen LogP contribution in [0.1, 0.15) is 20.3 Å². The van der Waals surface area contributed by atoms with Crippen LogP contribution in [0.4, 0.5) is 5.69 Å². The minimum absolute atomic E-state index is 0.323. The molecule has 1 aromatic carbocycles. The van der Waals surface area contributed by atoms with E-state index in [0.29, 0.717) is 5.41 Å². The van der Waals surface area contributed by atoms with Gasteiger partial charge in [-0.1, -0.05) is 32.0 Å². The minimum Gasteiger partial charge on any atom is -0.379 e. The predicted octanol–water partition coefficient (Wildman–Crippen LogP) is 2.80. The third-order valence-corrected chi connectivity index (χ3v) is 5.43. The first-order valence-electron chi connectivity index (χ1n) is 9.80. The van der Waals surface area contributed by atoms with Gasteiger partial charge in [-0.05, 0) is 36.9 Å². The zero-order chi connectivity index (χ0) is 17.7. The SMILES string of the molecule is CN(CC1CCN(c2ccccc2)C1)CC(C)(C)CN1CCOCC1. The molecule has 4 heteroatoms. The molecule has 0 spiro atoms. The number of para-hydroxylation sites is 1. The number of ether oxygens (including phenoxy) is 1. The highest BCUT2D eigenvalue weighted by Crippen LogP contribution is 2.25. The Labute approximate surface area is 153 Å². The molecule has 140 valence electrons. The van der Waals surface area contributed by atoms with E-state index in [1.165, 1.54) is 38.3 Å². The van der Waals surface area contributed by atoms with Gasteiger partial charge in [-0.3, -0.25) is 4.90 Å². The molecule has 1 aromatic rings. The van der Waals surface area contributed by atoms with Gasteiger partial charge < -0.3 is 14.5 Å². The summed E-state index contributed by atoms with van der Waals surface area (Å²) in [5.74, 6) is 0.782. The van der Waals surface area contributed by atoms with Gasteiger partial charge >= 0.3 is 0 Å². The van der Waals surface area contributed by atoms with Gasteiger partial charge in [-0.15, -0.1) is 0 Å². The molecule has 4 nitrogen and oxygen atoms in total. The molecule has 2 aliphatic heterocycles. The summed E-state index contributed by atoms with van der Waals surface area (Å²) in [6.07, 6.45) is 1.31. The van der Waals surface area contributed by atoms with Crippen LogP contribution in [0, 0.1) is 11.3 Å². The average Bonchev–Trinajstić information content (AvgIpc) is 3.04. The molecule has 0 amide bonds. The Kier molecular flexibility index (Phi) is 6.37. The maximum absolute atomic E-state index is 5.47. The second kappa shape index (κ2) is 8.52. The summed E-state index contributed by atoms with van der Waals surface area (Å²) in [4.78, 5) is 7.65. The van der Waals surface area contributed by atoms with E-state index < -0.39 is 0 Å². The van der Waals surface area contributed by atoms with Crippen LogP contribution < -0.4 is 4.90 Å². The summed E-state index contributed by atoms with van der Waals surface area (Å²) < 4.78 is 5.47. The van der Waals surface area contributed by atoms with Gasteiger partial charge in [0.25, 0.3) is 0 Å². The van der Waals surface area contributed by atoms with Gasteiger partial charge in [0.05, 0.1) is 13.2 Å². The molecule has 1 atom stereocenters. The van der Waals surface area contributed by atoms with E-state index in [1.807, 2.05) is 0 Å². The standard InChI is InChI=1S/C21H35N3O/c1-21(2,18-23-11-13-25-14-12-23)17-22(3)15-19-9-10-24(16-19)20-7-5-4-6-8-20/h4-8,19H,9-18H2,1-3H3. The molecular formula is C21H35N3O. The van der Waals surface area contributed by atoms with Crippen LogP contribution in [0.25, 0.3) is 0 Å². The maximum Gasteiger partial charge on any atom is 0.0594 e. The van der Waals surface area contributed by atoms with E-state index >= 15 is 0 Å². The third kappa shape index (κ3) is 5.70. The Bertz CT molecular complexity index is 513. The topological polar surface area (TPSA) is 19.0 Å². The van der Waals surface area contributed by atoms with Gasteiger partial charge in [0.15, 0.2) is 0 Å². The summed E-state index contributed by atoms with van der Waals surface area (Å²) in [5.41, 5.74) is 1.70. The van der Waals surface area contributed by atoms with Crippen molar-refractivity contribution in [1.82, 2.24) is 9.80 Å². The van der Waals surface area contributed by atoms with Crippen molar-refractivity contribution in [2.75, 3.05) is 71.0 Å². The fraction of sp³-hybridized carbons (Fsp3) is 0.714. The number of benzene rings is 1. The highest BCUT2D eigenvalue weighted by Gasteiger charge is 2.28. The van der Waals surface area contributed by atoms with E-state index in [1.54, 1.807) is 0 Å². The van der Waals surface area contributed by atoms with Gasteiger partial charge in [-0.25, -0.2) is 0 Å². The van der Waals surface area contributed by atoms with E-state index in [9.17, 15) is 0 Å². The van der Waals surface area contributed by atoms with Crippen molar-refractivity contribution >= 4 is 5.69 Å². The summed E-state index contributed by atoms with van der Waals surface area (Å²) in [6, 6.07) is 10.8. The van der Waals surface area contributed by atoms with Crippen molar-refractivity contribution in [2.24, 2.45) is 11.3 Å². The molecule has 2 saturated heterocycles. The average molecular weight is 346 g/mol. The van der Waals surface area contributed by atoms with Crippen molar-refractivity contribution in [1.29, 1.82) is 0 Å². The monoisotopic (exact) mass is 345 g/mol. The van der Waals surface area contributed by atoms with Crippen molar-refractivity contribution in [2.45, 2.75) is 20.3 Å². The van der Waals surface area contributed by atoms with Gasteiger partial charge in [0.2, 0.25) is 0 Å².